The maximum absolute atomic E-state index is 13.3. The minimum absolute atomic E-state index is 0. The Morgan fingerprint density at radius 1 is 1.26 bits per heavy atom. The number of piperazine rings is 1. The average molecular weight is 313 g/mol. The fourth-order valence-electron chi connectivity index (χ4n) is 2.38. The van der Waals surface area contributed by atoms with Crippen LogP contribution in [-0.4, -0.2) is 37.8 Å². The second kappa shape index (κ2) is 8.69. The maximum atomic E-state index is 13.3. The van der Waals surface area contributed by atoms with Crippen molar-refractivity contribution < 1.29 is 8.78 Å². The quantitative estimate of drug-likeness (QED) is 0.923. The van der Waals surface area contributed by atoms with Gasteiger partial charge in [-0.1, -0.05) is 6.07 Å². The van der Waals surface area contributed by atoms with E-state index in [4.69, 9.17) is 0 Å². The third kappa shape index (κ3) is 4.56. The van der Waals surface area contributed by atoms with Gasteiger partial charge < -0.3 is 5.32 Å². The van der Waals surface area contributed by atoms with Crippen LogP contribution in [0.15, 0.2) is 18.2 Å². The van der Waals surface area contributed by atoms with E-state index in [1.165, 1.54) is 12.1 Å². The molecule has 0 amide bonds. The van der Waals surface area contributed by atoms with Gasteiger partial charge in [0.15, 0.2) is 0 Å². The van der Waals surface area contributed by atoms with E-state index in [0.717, 1.165) is 37.3 Å². The maximum Gasteiger partial charge on any atom is 0.123 e. The van der Waals surface area contributed by atoms with Crippen LogP contribution in [0.3, 0.4) is 0 Å². The van der Waals surface area contributed by atoms with Gasteiger partial charge in [0.05, 0.1) is 6.04 Å². The Bertz CT molecular complexity index is 385. The standard InChI is InChI=1S/C13H18F2N2.2ClH/c1-10-8-11(15)2-3-12(10)13(9-14)17-6-4-16-5-7-17;;/h2-3,8,13,16H,4-7,9H2,1H3;2*1H/t13-;;/m1../s1. The summed E-state index contributed by atoms with van der Waals surface area (Å²) in [4.78, 5) is 2.12. The van der Waals surface area contributed by atoms with Gasteiger partial charge in [0.1, 0.15) is 12.5 Å². The second-order valence-corrected chi connectivity index (χ2v) is 4.46. The molecule has 1 aliphatic rings. The lowest BCUT2D eigenvalue weighted by molar-refractivity contribution is 0.147. The SMILES string of the molecule is Cc1cc(F)ccc1[C@@H](CF)N1CCNCC1.Cl.Cl. The van der Waals surface area contributed by atoms with Crippen molar-refractivity contribution in [3.63, 3.8) is 0 Å². The molecule has 1 aromatic carbocycles. The van der Waals surface area contributed by atoms with E-state index in [9.17, 15) is 8.78 Å². The molecule has 0 radical (unpaired) electrons. The van der Waals surface area contributed by atoms with E-state index in [0.29, 0.717) is 0 Å². The number of aryl methyl sites for hydroxylation is 1. The Hall–Kier alpha value is -0.420. The molecule has 1 heterocycles. The Balaban J connectivity index is 0.00000162. The van der Waals surface area contributed by atoms with Crippen LogP contribution in [0.25, 0.3) is 0 Å². The zero-order valence-corrected chi connectivity index (χ0v) is 12.5. The lowest BCUT2D eigenvalue weighted by atomic mass is 10.00. The monoisotopic (exact) mass is 312 g/mol. The Kier molecular flexibility index (Phi) is 8.50. The number of nitrogens with zero attached hydrogens (tertiary/aromatic N) is 1. The summed E-state index contributed by atoms with van der Waals surface area (Å²) < 4.78 is 26.3. The van der Waals surface area contributed by atoms with Crippen molar-refractivity contribution in [1.29, 1.82) is 0 Å². The van der Waals surface area contributed by atoms with Crippen molar-refractivity contribution in [2.24, 2.45) is 0 Å². The highest BCUT2D eigenvalue weighted by Crippen LogP contribution is 2.25. The molecule has 6 heteroatoms. The van der Waals surface area contributed by atoms with Crippen molar-refractivity contribution in [1.82, 2.24) is 10.2 Å². The Morgan fingerprint density at radius 2 is 1.89 bits per heavy atom. The number of hydrogen-bond donors (Lipinski definition) is 1. The molecule has 1 aromatic rings. The van der Waals surface area contributed by atoms with Crippen LogP contribution in [0.5, 0.6) is 0 Å². The molecule has 1 N–H and O–H groups in total. The lowest BCUT2D eigenvalue weighted by Gasteiger charge is -2.34. The van der Waals surface area contributed by atoms with Gasteiger partial charge in [-0.05, 0) is 30.2 Å². The van der Waals surface area contributed by atoms with E-state index < -0.39 is 6.67 Å². The van der Waals surface area contributed by atoms with Gasteiger partial charge in [-0.15, -0.1) is 24.8 Å². The molecule has 0 spiro atoms. The third-order valence-electron chi connectivity index (χ3n) is 3.33. The molecule has 19 heavy (non-hydrogen) atoms. The van der Waals surface area contributed by atoms with E-state index in [1.807, 2.05) is 6.92 Å². The molecule has 1 atom stereocenters. The molecule has 0 aliphatic carbocycles. The second-order valence-electron chi connectivity index (χ2n) is 4.46. The summed E-state index contributed by atoms with van der Waals surface area (Å²) in [5, 5.41) is 3.24. The molecule has 1 aliphatic heterocycles. The third-order valence-corrected chi connectivity index (χ3v) is 3.33. The molecule has 0 unspecified atom stereocenters. The number of alkyl halides is 1. The molecule has 1 fully saturated rings. The fourth-order valence-corrected chi connectivity index (χ4v) is 2.38. The number of halogens is 4. The summed E-state index contributed by atoms with van der Waals surface area (Å²) in [6.07, 6.45) is 0. The minimum atomic E-state index is -0.424. The molecule has 110 valence electrons. The van der Waals surface area contributed by atoms with Crippen LogP contribution < -0.4 is 5.32 Å². The molecule has 2 rings (SSSR count). The number of rotatable bonds is 3. The summed E-state index contributed by atoms with van der Waals surface area (Å²) in [6, 6.07) is 4.35. The predicted octanol–water partition coefficient (Wildman–Crippen LogP) is 2.89. The van der Waals surface area contributed by atoms with Crippen LogP contribution >= 0.6 is 24.8 Å². The molecule has 2 nitrogen and oxygen atoms in total. The van der Waals surface area contributed by atoms with Crippen LogP contribution in [0, 0.1) is 12.7 Å². The summed E-state index contributed by atoms with van der Waals surface area (Å²) in [5.41, 5.74) is 1.72. The molecule has 0 aromatic heterocycles. The van der Waals surface area contributed by atoms with E-state index in [1.54, 1.807) is 6.07 Å². The molecule has 1 saturated heterocycles. The molecule has 0 bridgehead atoms. The van der Waals surface area contributed by atoms with Gasteiger partial charge in [-0.3, -0.25) is 4.90 Å². The first-order valence-electron chi connectivity index (χ1n) is 5.99. The van der Waals surface area contributed by atoms with Crippen molar-refractivity contribution in [2.75, 3.05) is 32.9 Å². The minimum Gasteiger partial charge on any atom is -0.314 e. The van der Waals surface area contributed by atoms with Gasteiger partial charge in [0, 0.05) is 26.2 Å². The number of benzene rings is 1. The lowest BCUT2D eigenvalue weighted by Crippen LogP contribution is -2.45. The summed E-state index contributed by atoms with van der Waals surface area (Å²) >= 11 is 0. The van der Waals surface area contributed by atoms with Gasteiger partial charge in [0.2, 0.25) is 0 Å². The predicted molar refractivity (Wildman–Crippen MR) is 78.8 cm³/mol. The summed E-state index contributed by atoms with van der Waals surface area (Å²) in [5.74, 6) is -0.260. The summed E-state index contributed by atoms with van der Waals surface area (Å²) in [7, 11) is 0. The number of nitrogens with one attached hydrogen (secondary N) is 1. The summed E-state index contributed by atoms with van der Waals surface area (Å²) in [6.45, 7) is 4.86. The van der Waals surface area contributed by atoms with Crippen LogP contribution in [-0.2, 0) is 0 Å². The van der Waals surface area contributed by atoms with Crippen molar-refractivity contribution in [3.05, 3.63) is 35.1 Å². The van der Waals surface area contributed by atoms with E-state index >= 15 is 0 Å². The topological polar surface area (TPSA) is 15.3 Å². The van der Waals surface area contributed by atoms with Crippen LogP contribution in [0.1, 0.15) is 17.2 Å². The normalized spacial score (nSPS) is 17.2. The van der Waals surface area contributed by atoms with Gasteiger partial charge >= 0.3 is 0 Å². The highest BCUT2D eigenvalue weighted by atomic mass is 35.5. The number of hydrogen-bond acceptors (Lipinski definition) is 2. The first kappa shape index (κ1) is 18.6. The van der Waals surface area contributed by atoms with Crippen LogP contribution in [0.2, 0.25) is 0 Å². The molecular weight excluding hydrogens is 293 g/mol. The Morgan fingerprint density at radius 3 is 2.42 bits per heavy atom. The Labute approximate surface area is 125 Å². The zero-order chi connectivity index (χ0) is 12.3. The highest BCUT2D eigenvalue weighted by Gasteiger charge is 2.23. The highest BCUT2D eigenvalue weighted by molar-refractivity contribution is 5.85. The van der Waals surface area contributed by atoms with Crippen molar-refractivity contribution >= 4 is 24.8 Å². The van der Waals surface area contributed by atoms with Crippen LogP contribution in [0.4, 0.5) is 8.78 Å². The largest absolute Gasteiger partial charge is 0.314 e. The van der Waals surface area contributed by atoms with E-state index in [-0.39, 0.29) is 36.7 Å². The van der Waals surface area contributed by atoms with Crippen molar-refractivity contribution in [2.45, 2.75) is 13.0 Å². The first-order valence-corrected chi connectivity index (χ1v) is 5.99. The molecule has 0 saturated carbocycles. The zero-order valence-electron chi connectivity index (χ0n) is 10.9. The van der Waals surface area contributed by atoms with Gasteiger partial charge in [-0.25, -0.2) is 8.78 Å². The fraction of sp³-hybridized carbons (Fsp3) is 0.538. The van der Waals surface area contributed by atoms with Gasteiger partial charge in [-0.2, -0.15) is 0 Å². The average Bonchev–Trinajstić information content (AvgIpc) is 2.34. The first-order chi connectivity index (χ1) is 8.22. The van der Waals surface area contributed by atoms with Gasteiger partial charge in [0.25, 0.3) is 0 Å². The molecular formula is C13H20Cl2F2N2. The van der Waals surface area contributed by atoms with Crippen molar-refractivity contribution in [3.8, 4) is 0 Å². The van der Waals surface area contributed by atoms with E-state index in [2.05, 4.69) is 10.2 Å². The smallest absolute Gasteiger partial charge is 0.123 e.